The highest BCUT2D eigenvalue weighted by Gasteiger charge is 2.32. The fourth-order valence-electron chi connectivity index (χ4n) is 4.22. The lowest BCUT2D eigenvalue weighted by Crippen LogP contribution is -2.42. The Morgan fingerprint density at radius 1 is 0.980 bits per heavy atom. The molecule has 49 heavy (non-hydrogen) atoms. The van der Waals surface area contributed by atoms with Crippen LogP contribution >= 0.6 is 11.6 Å². The number of pyridine rings is 1. The van der Waals surface area contributed by atoms with Crippen LogP contribution in [0, 0.1) is 33.0 Å². The molecule has 0 fully saturated rings. The van der Waals surface area contributed by atoms with Crippen LogP contribution in [0.2, 0.25) is 5.02 Å². The van der Waals surface area contributed by atoms with Crippen molar-refractivity contribution in [1.29, 1.82) is 0 Å². The summed E-state index contributed by atoms with van der Waals surface area (Å²) < 4.78 is 59.5. The third kappa shape index (κ3) is 9.52. The molecule has 0 atom stereocenters. The van der Waals surface area contributed by atoms with Gasteiger partial charge in [0.15, 0.2) is 24.8 Å². The first-order valence-electron chi connectivity index (χ1n) is 13.9. The monoisotopic (exact) mass is 698 g/mol. The van der Waals surface area contributed by atoms with E-state index in [1.807, 2.05) is 0 Å². The summed E-state index contributed by atoms with van der Waals surface area (Å²) in [6.07, 6.45) is -2.62. The van der Waals surface area contributed by atoms with Crippen LogP contribution in [0.5, 0.6) is 5.75 Å². The smallest absolute Gasteiger partial charge is 0.416 e. The summed E-state index contributed by atoms with van der Waals surface area (Å²) in [6, 6.07) is 11.1. The molecule has 0 aliphatic rings. The normalized spacial score (nSPS) is 11.2. The van der Waals surface area contributed by atoms with Gasteiger partial charge in [-0.2, -0.15) is 17.9 Å². The first-order chi connectivity index (χ1) is 22.9. The molecular formula is C33H23ClF4N4O7. The second-order valence-corrected chi connectivity index (χ2v) is 11.2. The average Bonchev–Trinajstić information content (AvgIpc) is 3.02. The number of nitrogens with one attached hydrogen (secondary N) is 2. The topological polar surface area (TPSA) is 155 Å². The number of rotatable bonds is 9. The number of anilines is 1. The molecule has 0 spiro atoms. The van der Waals surface area contributed by atoms with Crippen molar-refractivity contribution >= 4 is 40.6 Å². The van der Waals surface area contributed by atoms with Gasteiger partial charge >= 0.3 is 6.18 Å². The van der Waals surface area contributed by atoms with Gasteiger partial charge in [0.1, 0.15) is 17.3 Å². The molecule has 1 aromatic heterocycles. The van der Waals surface area contributed by atoms with Crippen LogP contribution in [0.25, 0.3) is 0 Å². The molecule has 1 heterocycles. The first-order valence-corrected chi connectivity index (χ1v) is 14.3. The molecule has 0 saturated carbocycles. The number of alkyl halides is 3. The van der Waals surface area contributed by atoms with E-state index in [2.05, 4.69) is 22.5 Å². The maximum absolute atomic E-state index is 14.0. The van der Waals surface area contributed by atoms with Crippen LogP contribution in [0.4, 0.5) is 28.9 Å². The van der Waals surface area contributed by atoms with Crippen LogP contribution in [-0.4, -0.2) is 34.7 Å². The fourth-order valence-corrected chi connectivity index (χ4v) is 4.39. The Morgan fingerprint density at radius 2 is 1.67 bits per heavy atom. The predicted molar refractivity (Wildman–Crippen MR) is 167 cm³/mol. The van der Waals surface area contributed by atoms with Crippen molar-refractivity contribution in [2.24, 2.45) is 0 Å². The molecule has 0 radical (unpaired) electrons. The lowest BCUT2D eigenvalue weighted by molar-refractivity contribution is -0.605. The number of amides is 2. The molecule has 2 amide bonds. The predicted octanol–water partition coefficient (Wildman–Crippen LogP) is 5.85. The highest BCUT2D eigenvalue weighted by molar-refractivity contribution is 6.31. The van der Waals surface area contributed by atoms with E-state index in [1.54, 1.807) is 13.8 Å². The second-order valence-electron chi connectivity index (χ2n) is 10.8. The molecule has 3 aromatic carbocycles. The van der Waals surface area contributed by atoms with Crippen molar-refractivity contribution in [3.63, 3.8) is 0 Å². The Kier molecular flexibility index (Phi) is 10.5. The van der Waals surface area contributed by atoms with Gasteiger partial charge in [-0.25, -0.2) is 4.39 Å². The molecule has 4 rings (SSSR count). The van der Waals surface area contributed by atoms with Crippen molar-refractivity contribution in [3.05, 3.63) is 133 Å². The van der Waals surface area contributed by atoms with Crippen LogP contribution in [-0.2, 0) is 11.0 Å². The summed E-state index contributed by atoms with van der Waals surface area (Å²) in [5.41, 5.74) is -3.89. The molecule has 0 bridgehead atoms. The van der Waals surface area contributed by atoms with E-state index < -0.39 is 63.5 Å². The summed E-state index contributed by atoms with van der Waals surface area (Å²) in [6.45, 7) is 2.38. The van der Waals surface area contributed by atoms with Gasteiger partial charge in [0.25, 0.3) is 17.5 Å². The lowest BCUT2D eigenvalue weighted by Gasteiger charge is -2.19. The van der Waals surface area contributed by atoms with Crippen LogP contribution in [0.3, 0.4) is 0 Å². The SMILES string of the molecule is CC(C)(C#Cc1ccc(NC(=O)COc2ccc(Cl)cc2C(=O)c2cc(F)cc(C(F)(F)F)c2)c([N+](=O)[O-])c1)NC(=O)c1cc[n+]([O-])cc1. The van der Waals surface area contributed by atoms with Crippen LogP contribution < -0.4 is 20.1 Å². The zero-order chi connectivity index (χ0) is 36.1. The van der Waals surface area contributed by atoms with E-state index in [-0.39, 0.29) is 39.2 Å². The van der Waals surface area contributed by atoms with Gasteiger partial charge < -0.3 is 20.6 Å². The van der Waals surface area contributed by atoms with E-state index in [1.165, 1.54) is 36.4 Å². The van der Waals surface area contributed by atoms with Gasteiger partial charge in [-0.1, -0.05) is 23.4 Å². The highest BCUT2D eigenvalue weighted by Crippen LogP contribution is 2.32. The Balaban J connectivity index is 1.48. The molecule has 4 aromatic rings. The third-order valence-corrected chi connectivity index (χ3v) is 6.75. The number of hydrogen-bond donors (Lipinski definition) is 2. The molecule has 0 saturated heterocycles. The molecule has 252 valence electrons. The van der Waals surface area contributed by atoms with Crippen molar-refractivity contribution < 1.29 is 46.3 Å². The van der Waals surface area contributed by atoms with E-state index in [9.17, 15) is 47.3 Å². The zero-order valence-corrected chi connectivity index (χ0v) is 26.1. The summed E-state index contributed by atoms with van der Waals surface area (Å²) >= 11 is 5.97. The number of hydrogen-bond acceptors (Lipinski definition) is 7. The molecule has 0 aliphatic heterocycles. The van der Waals surface area contributed by atoms with E-state index >= 15 is 0 Å². The number of ether oxygens (including phenoxy) is 1. The molecule has 0 unspecified atom stereocenters. The van der Waals surface area contributed by atoms with Gasteiger partial charge in [-0.05, 0) is 62.4 Å². The highest BCUT2D eigenvalue weighted by atomic mass is 35.5. The minimum Gasteiger partial charge on any atom is -0.619 e. The average molecular weight is 699 g/mol. The largest absolute Gasteiger partial charge is 0.619 e. The number of nitro groups is 1. The summed E-state index contributed by atoms with van der Waals surface area (Å²) in [4.78, 5) is 49.4. The molecular weight excluding hydrogens is 676 g/mol. The Bertz CT molecular complexity index is 2020. The minimum absolute atomic E-state index is 0.00789. The van der Waals surface area contributed by atoms with E-state index in [0.29, 0.717) is 16.9 Å². The quantitative estimate of drug-likeness (QED) is 0.0423. The van der Waals surface area contributed by atoms with Gasteiger partial charge in [0, 0.05) is 34.3 Å². The van der Waals surface area contributed by atoms with Crippen molar-refractivity contribution in [2.45, 2.75) is 25.6 Å². The number of halogens is 5. The number of carbonyl (C=O) groups is 3. The summed E-state index contributed by atoms with van der Waals surface area (Å²) in [5, 5.41) is 28.0. The second kappa shape index (κ2) is 14.4. The number of carbonyl (C=O) groups excluding carboxylic acids is 3. The van der Waals surface area contributed by atoms with Gasteiger partial charge in [0.2, 0.25) is 0 Å². The van der Waals surface area contributed by atoms with Crippen molar-refractivity contribution in [2.75, 3.05) is 11.9 Å². The van der Waals surface area contributed by atoms with Crippen molar-refractivity contribution in [1.82, 2.24) is 5.32 Å². The number of nitro benzene ring substituents is 1. The minimum atomic E-state index is -4.93. The molecule has 0 aliphatic carbocycles. The Labute approximate surface area is 280 Å². The van der Waals surface area contributed by atoms with Gasteiger partial charge in [-0.15, -0.1) is 0 Å². The standard InChI is InChI=1S/C33H23ClF4N4O7/c1-32(2,40-31(45)20-8-11-41(46)12-9-20)10-7-19-3-5-26(27(13-19)42(47)48)39-29(43)18-49-28-6-4-23(34)17-25(28)30(44)21-14-22(33(36,37)38)16-24(35)15-21/h3-6,8-9,11-17H,18H2,1-2H3,(H,39,43)(H,40,45). The summed E-state index contributed by atoms with van der Waals surface area (Å²) in [7, 11) is 0. The maximum atomic E-state index is 14.0. The zero-order valence-electron chi connectivity index (χ0n) is 25.4. The number of ketones is 1. The van der Waals surface area contributed by atoms with Gasteiger partial charge in [0.05, 0.1) is 27.2 Å². The Morgan fingerprint density at radius 3 is 2.33 bits per heavy atom. The van der Waals surface area contributed by atoms with E-state index in [0.717, 1.165) is 24.5 Å². The summed E-state index contributed by atoms with van der Waals surface area (Å²) in [5.74, 6) is 1.46. The number of benzene rings is 3. The third-order valence-electron chi connectivity index (χ3n) is 6.51. The van der Waals surface area contributed by atoms with Crippen molar-refractivity contribution in [3.8, 4) is 17.6 Å². The van der Waals surface area contributed by atoms with Crippen LogP contribution in [0.15, 0.2) is 79.1 Å². The number of aromatic nitrogens is 1. The molecule has 16 heteroatoms. The van der Waals surface area contributed by atoms with Gasteiger partial charge in [-0.3, -0.25) is 24.5 Å². The Hall–Kier alpha value is -6.01. The maximum Gasteiger partial charge on any atom is 0.416 e. The lowest BCUT2D eigenvalue weighted by atomic mass is 10.00. The molecule has 2 N–H and O–H groups in total. The van der Waals surface area contributed by atoms with Crippen LogP contribution in [0.1, 0.15) is 51.3 Å². The van der Waals surface area contributed by atoms with E-state index in [4.69, 9.17) is 16.3 Å². The number of nitrogens with zero attached hydrogens (tertiary/aromatic N) is 2. The first kappa shape index (κ1) is 35.8. The fraction of sp³-hybridized carbons (Fsp3) is 0.152. The molecule has 11 nitrogen and oxygen atoms in total.